The fourth-order valence-corrected chi connectivity index (χ4v) is 3.76. The lowest BCUT2D eigenvalue weighted by atomic mass is 9.90. The summed E-state index contributed by atoms with van der Waals surface area (Å²) >= 11 is 0. The summed E-state index contributed by atoms with van der Waals surface area (Å²) < 4.78 is 27.6. The number of hydrogen-bond acceptors (Lipinski definition) is 0. The Balaban J connectivity index is 2.07. The highest BCUT2D eigenvalue weighted by molar-refractivity contribution is 5.96. The van der Waals surface area contributed by atoms with Gasteiger partial charge in [0.1, 0.15) is 8.42 Å². The number of pyridine rings is 1. The van der Waals surface area contributed by atoms with Crippen LogP contribution in [0, 0.1) is 13.8 Å². The van der Waals surface area contributed by atoms with Crippen LogP contribution in [-0.2, 0) is 7.05 Å². The van der Waals surface area contributed by atoms with E-state index in [4.69, 9.17) is 4.11 Å². The average Bonchev–Trinajstić information content (AvgIpc) is 2.74. The van der Waals surface area contributed by atoms with Crippen molar-refractivity contribution in [2.45, 2.75) is 33.6 Å². The van der Waals surface area contributed by atoms with Gasteiger partial charge in [-0.3, -0.25) is 0 Å². The minimum absolute atomic E-state index is 0.181. The Bertz CT molecular complexity index is 1300. The van der Waals surface area contributed by atoms with Gasteiger partial charge in [0.05, 0.1) is 12.3 Å². The number of rotatable bonds is 3. The van der Waals surface area contributed by atoms with Crippen LogP contribution >= 0.6 is 0 Å². The second kappa shape index (κ2) is 7.24. The molecule has 0 saturated heterocycles. The molecular weight excluding hydrogens is 338 g/mol. The summed E-state index contributed by atoms with van der Waals surface area (Å²) in [6.07, 6.45) is 0.181. The third-order valence-corrected chi connectivity index (χ3v) is 5.58. The first-order valence-corrected chi connectivity index (χ1v) is 9.70. The third kappa shape index (κ3) is 3.22. The van der Waals surface area contributed by atoms with Crippen LogP contribution in [0.25, 0.3) is 33.2 Å². The average molecular weight is 370 g/mol. The van der Waals surface area contributed by atoms with Crippen molar-refractivity contribution in [1.82, 2.24) is 0 Å². The van der Waals surface area contributed by atoms with Crippen LogP contribution in [0.1, 0.15) is 40.5 Å². The van der Waals surface area contributed by atoms with Gasteiger partial charge in [-0.05, 0) is 71.1 Å². The van der Waals surface area contributed by atoms with E-state index >= 15 is 0 Å². The molecule has 0 N–H and O–H groups in total. The zero-order valence-corrected chi connectivity index (χ0v) is 17.2. The lowest BCUT2D eigenvalue weighted by Gasteiger charge is -2.15. The Morgan fingerprint density at radius 1 is 0.929 bits per heavy atom. The smallest absolute Gasteiger partial charge is 0.200 e. The molecule has 0 bridgehead atoms. The van der Waals surface area contributed by atoms with Crippen molar-refractivity contribution in [1.29, 1.82) is 0 Å². The lowest BCUT2D eigenvalue weighted by Crippen LogP contribution is -2.30. The van der Waals surface area contributed by atoms with Gasteiger partial charge < -0.3 is 0 Å². The van der Waals surface area contributed by atoms with Crippen LogP contribution < -0.4 is 4.57 Å². The quantitative estimate of drug-likeness (QED) is 0.352. The molecular formula is C27H28N+. The Kier molecular flexibility index (Phi) is 3.89. The summed E-state index contributed by atoms with van der Waals surface area (Å²) in [6, 6.07) is 20.7. The lowest BCUT2D eigenvalue weighted by molar-refractivity contribution is -0.659. The number of benzene rings is 3. The number of hydrogen-bond donors (Lipinski definition) is 0. The highest BCUT2D eigenvalue weighted by Crippen LogP contribution is 2.34. The second-order valence-electron chi connectivity index (χ2n) is 7.74. The molecule has 0 fully saturated rings. The molecule has 28 heavy (non-hydrogen) atoms. The van der Waals surface area contributed by atoms with Crippen LogP contribution in [0.2, 0.25) is 0 Å². The van der Waals surface area contributed by atoms with Gasteiger partial charge >= 0.3 is 0 Å². The van der Waals surface area contributed by atoms with E-state index < -0.39 is 5.89 Å². The molecule has 1 aromatic heterocycles. The van der Waals surface area contributed by atoms with Crippen molar-refractivity contribution >= 4 is 10.8 Å². The summed E-state index contributed by atoms with van der Waals surface area (Å²) in [5.74, 6) is -0.721. The van der Waals surface area contributed by atoms with Gasteiger partial charge in [0.25, 0.3) is 0 Å². The van der Waals surface area contributed by atoms with Crippen LogP contribution in [0.5, 0.6) is 0 Å². The normalized spacial score (nSPS) is 13.2. The minimum Gasteiger partial charge on any atom is -0.200 e. The Hall–Kier alpha value is -2.93. The topological polar surface area (TPSA) is 3.88 Å². The number of aryl methyl sites for hydroxylation is 1. The summed E-state index contributed by atoms with van der Waals surface area (Å²) in [5, 5.41) is 1.72. The maximum atomic E-state index is 8.65. The van der Waals surface area contributed by atoms with E-state index in [9.17, 15) is 0 Å². The number of fused-ring (bicyclic) bond motifs is 1. The first-order valence-electron chi connectivity index (χ1n) is 11.2. The predicted octanol–water partition coefficient (Wildman–Crippen LogP) is 6.74. The molecule has 0 radical (unpaired) electrons. The second-order valence-corrected chi connectivity index (χ2v) is 7.74. The molecule has 0 aliphatic carbocycles. The number of nitrogens with zero attached hydrogens (tertiary/aromatic N) is 1. The molecule has 1 nitrogen and oxygen atoms in total. The van der Waals surface area contributed by atoms with E-state index in [-0.39, 0.29) is 12.2 Å². The van der Waals surface area contributed by atoms with Crippen molar-refractivity contribution in [3.05, 3.63) is 89.6 Å². The SMILES string of the molecule is [2H]c1c([2H])[n+](C)c(-c2cc(C([2H])(C)C)cc(C)c2C)c2ccc(-c3ccccc3)cc12. The van der Waals surface area contributed by atoms with Crippen LogP contribution in [0.15, 0.2) is 72.9 Å². The van der Waals surface area contributed by atoms with Gasteiger partial charge in [0.2, 0.25) is 5.69 Å². The van der Waals surface area contributed by atoms with Gasteiger partial charge in [0.15, 0.2) is 6.17 Å². The van der Waals surface area contributed by atoms with Crippen molar-refractivity contribution in [2.24, 2.45) is 7.05 Å². The molecule has 0 saturated carbocycles. The minimum atomic E-state index is -0.721. The molecule has 0 atom stereocenters. The molecule has 4 aromatic rings. The van der Waals surface area contributed by atoms with Gasteiger partial charge in [0, 0.05) is 7.41 Å². The van der Waals surface area contributed by atoms with Crippen LogP contribution in [-0.4, -0.2) is 0 Å². The van der Waals surface area contributed by atoms with Crippen molar-refractivity contribution < 1.29 is 8.68 Å². The van der Waals surface area contributed by atoms with E-state index in [0.29, 0.717) is 0 Å². The molecule has 0 amide bonds. The van der Waals surface area contributed by atoms with Crippen molar-refractivity contribution in [3.8, 4) is 22.4 Å². The van der Waals surface area contributed by atoms with Crippen LogP contribution in [0.3, 0.4) is 0 Å². The Labute approximate surface area is 172 Å². The van der Waals surface area contributed by atoms with Gasteiger partial charge in [-0.15, -0.1) is 0 Å². The molecule has 4 rings (SSSR count). The monoisotopic (exact) mass is 369 g/mol. The van der Waals surface area contributed by atoms with Crippen LogP contribution in [0.4, 0.5) is 0 Å². The molecule has 1 heteroatoms. The zero-order chi connectivity index (χ0) is 22.5. The first kappa shape index (κ1) is 15.0. The highest BCUT2D eigenvalue weighted by Gasteiger charge is 2.19. The summed E-state index contributed by atoms with van der Waals surface area (Å²) in [7, 11) is 1.85. The molecule has 0 spiro atoms. The fraction of sp³-hybridized carbons (Fsp3) is 0.222. The largest absolute Gasteiger partial charge is 0.220 e. The molecule has 1 heterocycles. The summed E-state index contributed by atoms with van der Waals surface area (Å²) in [5.41, 5.74) is 7.27. The van der Waals surface area contributed by atoms with Crippen molar-refractivity contribution in [3.63, 3.8) is 0 Å². The first-order chi connectivity index (χ1) is 14.6. The molecule has 0 aliphatic rings. The molecule has 140 valence electrons. The van der Waals surface area contributed by atoms with E-state index in [0.717, 1.165) is 49.8 Å². The van der Waals surface area contributed by atoms with E-state index in [1.165, 1.54) is 0 Å². The van der Waals surface area contributed by atoms with Gasteiger partial charge in [-0.2, -0.15) is 0 Å². The molecule has 0 aliphatic heterocycles. The maximum Gasteiger partial charge on any atom is 0.220 e. The van der Waals surface area contributed by atoms with Gasteiger partial charge in [-0.25, -0.2) is 4.57 Å². The standard InChI is InChI=1S/C27H28N/c1-18(2)24-15-19(3)20(4)26(17-24)27-25-12-11-22(21-9-7-6-8-10-21)16-23(25)13-14-28(27)5/h6-18H,1-5H3/q+1/i13D,14D,18D. The molecule has 3 aromatic carbocycles. The van der Waals surface area contributed by atoms with Gasteiger partial charge in [-0.1, -0.05) is 56.3 Å². The zero-order valence-electron chi connectivity index (χ0n) is 20.2. The van der Waals surface area contributed by atoms with Crippen molar-refractivity contribution in [2.75, 3.05) is 0 Å². The predicted molar refractivity (Wildman–Crippen MR) is 120 cm³/mol. The van der Waals surface area contributed by atoms with E-state index in [2.05, 4.69) is 50.2 Å². The number of aromatic nitrogens is 1. The summed E-state index contributed by atoms with van der Waals surface area (Å²) in [6.45, 7) is 7.96. The van der Waals surface area contributed by atoms with E-state index in [1.54, 1.807) is 4.57 Å². The Morgan fingerprint density at radius 3 is 2.39 bits per heavy atom. The maximum absolute atomic E-state index is 8.65. The van der Waals surface area contributed by atoms with E-state index in [1.807, 2.05) is 45.2 Å². The Morgan fingerprint density at radius 2 is 1.68 bits per heavy atom. The summed E-state index contributed by atoms with van der Waals surface area (Å²) in [4.78, 5) is 0. The fourth-order valence-electron chi connectivity index (χ4n) is 3.76. The molecule has 0 unspecified atom stereocenters. The highest BCUT2D eigenvalue weighted by atomic mass is 14.9. The third-order valence-electron chi connectivity index (χ3n) is 5.58.